The molecule has 0 aliphatic carbocycles. The molecule has 0 bridgehead atoms. The van der Waals surface area contributed by atoms with Gasteiger partial charge in [-0.25, -0.2) is 14.6 Å². The van der Waals surface area contributed by atoms with E-state index in [1.54, 1.807) is 47.1 Å². The maximum atomic E-state index is 13.1. The summed E-state index contributed by atoms with van der Waals surface area (Å²) in [6, 6.07) is 15.2. The van der Waals surface area contributed by atoms with Crippen LogP contribution in [0, 0.1) is 0 Å². The van der Waals surface area contributed by atoms with Gasteiger partial charge in [-0.1, -0.05) is 30.3 Å². The molecule has 3 amide bonds. The van der Waals surface area contributed by atoms with E-state index in [0.717, 1.165) is 5.39 Å². The van der Waals surface area contributed by atoms with Crippen molar-refractivity contribution in [2.45, 2.75) is 13.5 Å². The van der Waals surface area contributed by atoms with E-state index in [4.69, 9.17) is 14.6 Å². The number of carbonyl (C=O) groups excluding carboxylic acids is 3. The number of ether oxygens (including phenoxy) is 2. The van der Waals surface area contributed by atoms with Crippen molar-refractivity contribution in [3.63, 3.8) is 0 Å². The van der Waals surface area contributed by atoms with Crippen LogP contribution >= 0.6 is 0 Å². The average molecular weight is 521 g/mol. The van der Waals surface area contributed by atoms with Gasteiger partial charge in [-0.2, -0.15) is 0 Å². The van der Waals surface area contributed by atoms with Crippen molar-refractivity contribution in [3.8, 4) is 5.75 Å². The van der Waals surface area contributed by atoms with E-state index in [2.05, 4.69) is 10.3 Å². The molecule has 4 rings (SSSR count). The number of carboxylic acid groups (broad SMARTS) is 1. The lowest BCUT2D eigenvalue weighted by molar-refractivity contribution is -0.131. The summed E-state index contributed by atoms with van der Waals surface area (Å²) in [7, 11) is 0. The standard InChI is InChI=1S/C27H28N4O7/c1-2-37-27(36)31-13-11-30(12-14-31)23(32)16-28-25(33)24-22(15-20-5-3-4-6-21(20)29-24)38-17-18-7-9-19(10-8-18)26(34)35/h3-10,15H,2,11-14,16-17H2,1H3,(H,28,33)(H,34,35). The molecule has 1 aliphatic heterocycles. The van der Waals surface area contributed by atoms with Gasteiger partial charge in [0.2, 0.25) is 5.91 Å². The summed E-state index contributed by atoms with van der Waals surface area (Å²) in [5.41, 5.74) is 1.50. The number of pyridine rings is 1. The third kappa shape index (κ3) is 6.36. The third-order valence-electron chi connectivity index (χ3n) is 6.06. The molecular weight excluding hydrogens is 492 g/mol. The topological polar surface area (TPSA) is 138 Å². The molecule has 11 heteroatoms. The summed E-state index contributed by atoms with van der Waals surface area (Å²) >= 11 is 0. The first kappa shape index (κ1) is 26.4. The number of hydrogen-bond donors (Lipinski definition) is 2. The first-order chi connectivity index (χ1) is 18.4. The maximum Gasteiger partial charge on any atom is 0.409 e. The Bertz CT molecular complexity index is 1340. The van der Waals surface area contributed by atoms with Crippen molar-refractivity contribution in [2.24, 2.45) is 0 Å². The first-order valence-electron chi connectivity index (χ1n) is 12.2. The van der Waals surface area contributed by atoms with Gasteiger partial charge in [-0.05, 0) is 36.8 Å². The maximum absolute atomic E-state index is 13.1. The van der Waals surface area contributed by atoms with Crippen molar-refractivity contribution >= 4 is 34.8 Å². The molecule has 0 atom stereocenters. The summed E-state index contributed by atoms with van der Waals surface area (Å²) in [6.07, 6.45) is -0.402. The van der Waals surface area contributed by atoms with Crippen LogP contribution in [-0.2, 0) is 16.1 Å². The van der Waals surface area contributed by atoms with Gasteiger partial charge in [-0.15, -0.1) is 0 Å². The number of rotatable bonds is 8. The minimum atomic E-state index is -1.02. The highest BCUT2D eigenvalue weighted by Gasteiger charge is 2.25. The van der Waals surface area contributed by atoms with E-state index in [1.807, 2.05) is 12.1 Å². The van der Waals surface area contributed by atoms with E-state index >= 15 is 0 Å². The van der Waals surface area contributed by atoms with E-state index in [-0.39, 0.29) is 42.7 Å². The number of aromatic nitrogens is 1. The molecule has 1 saturated heterocycles. The zero-order chi connectivity index (χ0) is 27.1. The van der Waals surface area contributed by atoms with Crippen molar-refractivity contribution < 1.29 is 33.8 Å². The van der Waals surface area contributed by atoms with Crippen LogP contribution in [0.25, 0.3) is 10.9 Å². The predicted molar refractivity (Wildman–Crippen MR) is 137 cm³/mol. The van der Waals surface area contributed by atoms with Gasteiger partial charge in [-0.3, -0.25) is 9.59 Å². The lowest BCUT2D eigenvalue weighted by Crippen LogP contribution is -2.52. The number of carboxylic acids is 1. The number of nitrogens with zero attached hydrogens (tertiary/aromatic N) is 3. The Labute approximate surface area is 219 Å². The van der Waals surface area contributed by atoms with Crippen LogP contribution in [0.15, 0.2) is 54.6 Å². The number of benzene rings is 2. The predicted octanol–water partition coefficient (Wildman–Crippen LogP) is 2.54. The summed E-state index contributed by atoms with van der Waals surface area (Å²) in [5, 5.41) is 12.5. The monoisotopic (exact) mass is 520 g/mol. The summed E-state index contributed by atoms with van der Waals surface area (Å²) in [5.74, 6) is -1.63. The Morgan fingerprint density at radius 2 is 1.66 bits per heavy atom. The lowest BCUT2D eigenvalue weighted by atomic mass is 10.1. The highest BCUT2D eigenvalue weighted by atomic mass is 16.6. The fraction of sp³-hybridized carbons (Fsp3) is 0.296. The number of piperazine rings is 1. The van der Waals surface area contributed by atoms with Crippen LogP contribution in [0.4, 0.5) is 4.79 Å². The average Bonchev–Trinajstić information content (AvgIpc) is 2.94. The largest absolute Gasteiger partial charge is 0.486 e. The molecule has 1 aliphatic rings. The second-order valence-electron chi connectivity index (χ2n) is 8.57. The molecule has 3 aromatic rings. The van der Waals surface area contributed by atoms with Crippen LogP contribution in [-0.4, -0.2) is 83.1 Å². The van der Waals surface area contributed by atoms with Crippen LogP contribution in [0.5, 0.6) is 5.75 Å². The van der Waals surface area contributed by atoms with E-state index < -0.39 is 18.0 Å². The van der Waals surface area contributed by atoms with Crippen LogP contribution in [0.3, 0.4) is 0 Å². The number of carbonyl (C=O) groups is 4. The summed E-state index contributed by atoms with van der Waals surface area (Å²) < 4.78 is 10.9. The number of aromatic carboxylic acids is 1. The lowest BCUT2D eigenvalue weighted by Gasteiger charge is -2.34. The zero-order valence-corrected chi connectivity index (χ0v) is 20.9. The molecule has 0 spiro atoms. The fourth-order valence-electron chi connectivity index (χ4n) is 3.98. The van der Waals surface area contributed by atoms with E-state index in [1.165, 1.54) is 12.1 Å². The zero-order valence-electron chi connectivity index (χ0n) is 20.9. The highest BCUT2D eigenvalue weighted by molar-refractivity contribution is 5.99. The number of nitrogens with one attached hydrogen (secondary N) is 1. The van der Waals surface area contributed by atoms with E-state index in [0.29, 0.717) is 37.3 Å². The number of amides is 3. The molecule has 2 aromatic carbocycles. The van der Waals surface area contributed by atoms with Gasteiger partial charge in [0.25, 0.3) is 5.91 Å². The Morgan fingerprint density at radius 3 is 2.34 bits per heavy atom. The molecular formula is C27H28N4O7. The van der Waals surface area contributed by atoms with Gasteiger partial charge >= 0.3 is 12.1 Å². The summed E-state index contributed by atoms with van der Waals surface area (Å²) in [4.78, 5) is 56.3. The molecule has 1 fully saturated rings. The highest BCUT2D eigenvalue weighted by Crippen LogP contribution is 2.24. The fourth-order valence-corrected chi connectivity index (χ4v) is 3.98. The SMILES string of the molecule is CCOC(=O)N1CCN(C(=O)CNC(=O)c2nc3ccccc3cc2OCc2ccc(C(=O)O)cc2)CC1. The van der Waals surface area contributed by atoms with Crippen molar-refractivity contribution in [1.29, 1.82) is 0 Å². The van der Waals surface area contributed by atoms with Crippen LogP contribution in [0.2, 0.25) is 0 Å². The Morgan fingerprint density at radius 1 is 0.974 bits per heavy atom. The number of para-hydroxylation sites is 1. The Kier molecular flexibility index (Phi) is 8.37. The molecule has 0 unspecified atom stereocenters. The number of fused-ring (bicyclic) bond motifs is 1. The molecule has 2 heterocycles. The quantitative estimate of drug-likeness (QED) is 0.462. The van der Waals surface area contributed by atoms with Crippen molar-refractivity contribution in [3.05, 3.63) is 71.4 Å². The molecule has 0 saturated carbocycles. The molecule has 2 N–H and O–H groups in total. The third-order valence-corrected chi connectivity index (χ3v) is 6.06. The van der Waals surface area contributed by atoms with Gasteiger partial charge in [0.15, 0.2) is 11.4 Å². The molecule has 38 heavy (non-hydrogen) atoms. The molecule has 11 nitrogen and oxygen atoms in total. The second-order valence-corrected chi connectivity index (χ2v) is 8.57. The molecule has 1 aromatic heterocycles. The van der Waals surface area contributed by atoms with Gasteiger partial charge in [0.05, 0.1) is 24.2 Å². The molecule has 198 valence electrons. The Balaban J connectivity index is 1.41. The summed E-state index contributed by atoms with van der Waals surface area (Å²) in [6.45, 7) is 3.28. The van der Waals surface area contributed by atoms with Crippen molar-refractivity contribution in [1.82, 2.24) is 20.1 Å². The normalized spacial score (nSPS) is 13.2. The van der Waals surface area contributed by atoms with Gasteiger partial charge < -0.3 is 29.7 Å². The van der Waals surface area contributed by atoms with Crippen LogP contribution in [0.1, 0.15) is 33.3 Å². The van der Waals surface area contributed by atoms with Gasteiger partial charge in [0.1, 0.15) is 6.61 Å². The Hall–Kier alpha value is -4.67. The molecule has 0 radical (unpaired) electrons. The van der Waals surface area contributed by atoms with E-state index in [9.17, 15) is 19.2 Å². The smallest absolute Gasteiger partial charge is 0.409 e. The van der Waals surface area contributed by atoms with Crippen molar-refractivity contribution in [2.75, 3.05) is 39.3 Å². The second kappa shape index (κ2) is 12.0. The minimum Gasteiger partial charge on any atom is -0.486 e. The van der Waals surface area contributed by atoms with Crippen LogP contribution < -0.4 is 10.1 Å². The van der Waals surface area contributed by atoms with Gasteiger partial charge in [0, 0.05) is 31.6 Å². The minimum absolute atomic E-state index is 0.0331. The number of hydrogen-bond acceptors (Lipinski definition) is 7. The first-order valence-corrected chi connectivity index (χ1v) is 12.2.